The number of pyridine rings is 1. The minimum absolute atomic E-state index is 0.0151. The Balaban J connectivity index is 1.13. The average molecular weight is 512 g/mol. The molecule has 0 aliphatic carbocycles. The van der Waals surface area contributed by atoms with Gasteiger partial charge in [-0.15, -0.1) is 0 Å². The third-order valence-corrected chi connectivity index (χ3v) is 7.74. The monoisotopic (exact) mass is 511 g/mol. The zero-order valence-electron chi connectivity index (χ0n) is 21.6. The van der Waals surface area contributed by atoms with E-state index >= 15 is 0 Å². The molecule has 7 nitrogen and oxygen atoms in total. The minimum atomic E-state index is -0.197. The van der Waals surface area contributed by atoms with Gasteiger partial charge in [-0.1, -0.05) is 48.5 Å². The number of ether oxygens (including phenoxy) is 1. The number of amides is 2. The molecule has 0 bridgehead atoms. The fourth-order valence-electron chi connectivity index (χ4n) is 5.49. The van der Waals surface area contributed by atoms with E-state index < -0.39 is 0 Å². The summed E-state index contributed by atoms with van der Waals surface area (Å²) < 4.78 is 5.70. The summed E-state index contributed by atoms with van der Waals surface area (Å²) in [7, 11) is 0. The molecule has 5 rings (SSSR count). The van der Waals surface area contributed by atoms with E-state index in [1.54, 1.807) is 30.5 Å². The molecule has 2 aromatic carbocycles. The molecule has 7 heteroatoms. The summed E-state index contributed by atoms with van der Waals surface area (Å²) >= 11 is 0. The van der Waals surface area contributed by atoms with Gasteiger partial charge in [-0.05, 0) is 55.4 Å². The summed E-state index contributed by atoms with van der Waals surface area (Å²) in [5, 5.41) is 0. The van der Waals surface area contributed by atoms with Crippen molar-refractivity contribution in [1.29, 1.82) is 0 Å². The van der Waals surface area contributed by atoms with Crippen molar-refractivity contribution in [3.8, 4) is 5.75 Å². The van der Waals surface area contributed by atoms with E-state index in [-0.39, 0.29) is 28.7 Å². The molecule has 196 valence electrons. The highest BCUT2D eigenvalue weighted by Crippen LogP contribution is 2.41. The van der Waals surface area contributed by atoms with Crippen LogP contribution < -0.4 is 4.74 Å². The minimum Gasteiger partial charge on any atom is -0.494 e. The maximum Gasteiger partial charge on any atom is 0.273 e. The number of aromatic nitrogens is 1. The highest BCUT2D eigenvalue weighted by Gasteiger charge is 2.43. The summed E-state index contributed by atoms with van der Waals surface area (Å²) in [5.41, 5.74) is 1.10. The molecule has 0 N–H and O–H groups in total. The molecule has 1 spiro atoms. The van der Waals surface area contributed by atoms with Crippen LogP contribution in [0.1, 0.15) is 58.5 Å². The lowest BCUT2D eigenvalue weighted by Gasteiger charge is -2.39. The molecule has 2 aliphatic rings. The Morgan fingerprint density at radius 3 is 2.18 bits per heavy atom. The zero-order chi connectivity index (χ0) is 26.4. The van der Waals surface area contributed by atoms with Gasteiger partial charge in [0.2, 0.25) is 5.91 Å². The van der Waals surface area contributed by atoms with Crippen LogP contribution in [0.5, 0.6) is 5.75 Å². The van der Waals surface area contributed by atoms with Crippen molar-refractivity contribution in [2.75, 3.05) is 32.8 Å². The van der Waals surface area contributed by atoms with Crippen LogP contribution in [0.15, 0.2) is 79.0 Å². The summed E-state index contributed by atoms with van der Waals surface area (Å²) in [4.78, 5) is 47.4. The van der Waals surface area contributed by atoms with Gasteiger partial charge in [0.25, 0.3) is 5.91 Å². The highest BCUT2D eigenvalue weighted by atomic mass is 16.5. The third-order valence-electron chi connectivity index (χ3n) is 7.74. The predicted molar refractivity (Wildman–Crippen MR) is 144 cm³/mol. The van der Waals surface area contributed by atoms with E-state index in [9.17, 15) is 14.4 Å². The molecule has 2 saturated heterocycles. The van der Waals surface area contributed by atoms with Gasteiger partial charge in [-0.3, -0.25) is 19.4 Å². The average Bonchev–Trinajstić information content (AvgIpc) is 3.39. The van der Waals surface area contributed by atoms with Gasteiger partial charge < -0.3 is 14.5 Å². The predicted octanol–water partition coefficient (Wildman–Crippen LogP) is 4.63. The summed E-state index contributed by atoms with van der Waals surface area (Å²) in [6, 6.07) is 22.0. The van der Waals surface area contributed by atoms with Crippen LogP contribution in [0.2, 0.25) is 0 Å². The Kier molecular flexibility index (Phi) is 7.82. The molecule has 3 heterocycles. The number of para-hydroxylation sites is 1. The molecule has 1 aromatic heterocycles. The molecule has 0 unspecified atom stereocenters. The first-order valence-corrected chi connectivity index (χ1v) is 13.3. The van der Waals surface area contributed by atoms with Gasteiger partial charge in [0, 0.05) is 44.4 Å². The van der Waals surface area contributed by atoms with Crippen molar-refractivity contribution in [2.45, 2.75) is 32.1 Å². The van der Waals surface area contributed by atoms with Crippen LogP contribution in [-0.2, 0) is 4.79 Å². The Labute approximate surface area is 223 Å². The number of likely N-dealkylation sites (tertiary alicyclic amines) is 2. The smallest absolute Gasteiger partial charge is 0.273 e. The van der Waals surface area contributed by atoms with E-state index in [0.717, 1.165) is 25.0 Å². The van der Waals surface area contributed by atoms with Crippen LogP contribution in [0, 0.1) is 5.41 Å². The van der Waals surface area contributed by atoms with Crippen molar-refractivity contribution in [1.82, 2.24) is 14.8 Å². The molecule has 0 saturated carbocycles. The highest BCUT2D eigenvalue weighted by molar-refractivity contribution is 6.14. The maximum atomic E-state index is 13.5. The van der Waals surface area contributed by atoms with Crippen LogP contribution in [0.3, 0.4) is 0 Å². The topological polar surface area (TPSA) is 79.8 Å². The Bertz CT molecular complexity index is 1270. The van der Waals surface area contributed by atoms with Crippen LogP contribution >= 0.6 is 0 Å². The number of hydrogen-bond donors (Lipinski definition) is 0. The van der Waals surface area contributed by atoms with E-state index in [0.29, 0.717) is 56.8 Å². The van der Waals surface area contributed by atoms with Gasteiger partial charge in [0.05, 0.1) is 12.2 Å². The normalized spacial score (nSPS) is 16.4. The molecule has 2 amide bonds. The third kappa shape index (κ3) is 5.77. The SMILES string of the molecule is O=C(c1ccccc1)c1cccnc1C(=O)N1CCC2(CCN(C(=O)CCCOc3ccccc3)CC2)C1. The summed E-state index contributed by atoms with van der Waals surface area (Å²) in [6.07, 6.45) is 5.38. The van der Waals surface area contributed by atoms with Crippen molar-refractivity contribution in [3.05, 3.63) is 95.8 Å². The van der Waals surface area contributed by atoms with E-state index in [2.05, 4.69) is 4.98 Å². The van der Waals surface area contributed by atoms with Gasteiger partial charge in [0.1, 0.15) is 11.4 Å². The molecule has 38 heavy (non-hydrogen) atoms. The molecule has 0 atom stereocenters. The quantitative estimate of drug-likeness (QED) is 0.326. The lowest BCUT2D eigenvalue weighted by molar-refractivity contribution is -0.133. The number of rotatable bonds is 8. The van der Waals surface area contributed by atoms with Crippen LogP contribution in [-0.4, -0.2) is 65.2 Å². The number of piperidine rings is 1. The number of hydrogen-bond acceptors (Lipinski definition) is 5. The van der Waals surface area contributed by atoms with Crippen LogP contribution in [0.25, 0.3) is 0 Å². The number of carbonyl (C=O) groups excluding carboxylic acids is 3. The van der Waals surface area contributed by atoms with Crippen molar-refractivity contribution >= 4 is 17.6 Å². The fourth-order valence-corrected chi connectivity index (χ4v) is 5.49. The standard InChI is InChI=1S/C31H33N3O4/c35-27(14-8-22-38-25-11-5-2-6-12-25)33-19-15-31(16-20-33)17-21-34(23-31)30(37)28-26(13-7-18-32-28)29(36)24-9-3-1-4-10-24/h1-7,9-13,18H,8,14-17,19-23H2. The molecule has 3 aromatic rings. The second-order valence-electron chi connectivity index (χ2n) is 10.2. The van der Waals surface area contributed by atoms with Gasteiger partial charge in [0.15, 0.2) is 5.78 Å². The first kappa shape index (κ1) is 25.6. The van der Waals surface area contributed by atoms with Gasteiger partial charge >= 0.3 is 0 Å². The lowest BCUT2D eigenvalue weighted by atomic mass is 9.77. The molecular weight excluding hydrogens is 478 g/mol. The summed E-state index contributed by atoms with van der Waals surface area (Å²) in [6.45, 7) is 3.21. The molecule has 2 aliphatic heterocycles. The number of carbonyl (C=O) groups is 3. The lowest BCUT2D eigenvalue weighted by Crippen LogP contribution is -2.44. The first-order valence-electron chi connectivity index (χ1n) is 13.3. The van der Waals surface area contributed by atoms with Crippen molar-refractivity contribution < 1.29 is 19.1 Å². The second kappa shape index (κ2) is 11.6. The maximum absolute atomic E-state index is 13.5. The van der Waals surface area contributed by atoms with E-state index in [4.69, 9.17) is 4.74 Å². The van der Waals surface area contributed by atoms with Gasteiger partial charge in [-0.2, -0.15) is 0 Å². The Morgan fingerprint density at radius 2 is 1.47 bits per heavy atom. The Morgan fingerprint density at radius 1 is 0.816 bits per heavy atom. The van der Waals surface area contributed by atoms with Crippen LogP contribution in [0.4, 0.5) is 0 Å². The summed E-state index contributed by atoms with van der Waals surface area (Å²) in [5.74, 6) is 0.595. The number of ketones is 1. The van der Waals surface area contributed by atoms with Crippen molar-refractivity contribution in [3.63, 3.8) is 0 Å². The zero-order valence-corrected chi connectivity index (χ0v) is 21.6. The Hall–Kier alpha value is -4.00. The molecule has 2 fully saturated rings. The van der Waals surface area contributed by atoms with E-state index in [1.807, 2.05) is 58.3 Å². The van der Waals surface area contributed by atoms with E-state index in [1.165, 1.54) is 0 Å². The number of nitrogens with zero attached hydrogens (tertiary/aromatic N) is 3. The second-order valence-corrected chi connectivity index (χ2v) is 10.2. The fraction of sp³-hybridized carbons (Fsp3) is 0.355. The molecule has 0 radical (unpaired) electrons. The largest absolute Gasteiger partial charge is 0.494 e. The molecular formula is C31H33N3O4. The van der Waals surface area contributed by atoms with Crippen molar-refractivity contribution in [2.24, 2.45) is 5.41 Å². The first-order chi connectivity index (χ1) is 18.5. The van der Waals surface area contributed by atoms with Gasteiger partial charge in [-0.25, -0.2) is 0 Å². The number of benzene rings is 2.